The molecule has 0 unspecified atom stereocenters. The molecule has 8 heteroatoms. The number of carbonyl (C=O) groups excluding carboxylic acids is 1. The summed E-state index contributed by atoms with van der Waals surface area (Å²) in [5.41, 5.74) is 1.25. The number of alkyl halides is 3. The smallest absolute Gasteiger partial charge is 0.416 e. The Morgan fingerprint density at radius 2 is 1.72 bits per heavy atom. The minimum absolute atomic E-state index is 0.370. The van der Waals surface area contributed by atoms with Crippen molar-refractivity contribution in [2.75, 3.05) is 7.11 Å². The predicted octanol–water partition coefficient (Wildman–Crippen LogP) is 5.09. The lowest BCUT2D eigenvalue weighted by Crippen LogP contribution is -2.38. The van der Waals surface area contributed by atoms with E-state index < -0.39 is 23.1 Å². The molecule has 0 aliphatic carbocycles. The summed E-state index contributed by atoms with van der Waals surface area (Å²) in [6.07, 6.45) is -0.944. The SMILES string of the molecule is COC(=O)[C@](C)(Cc1ccccc1)c1ccnc2c(-c3ccc(C(F)(F)F)cc3)cnn12. The summed E-state index contributed by atoms with van der Waals surface area (Å²) in [4.78, 5) is 17.3. The number of fused-ring (bicyclic) bond motifs is 1. The number of methoxy groups -OCH3 is 1. The molecule has 5 nitrogen and oxygen atoms in total. The van der Waals surface area contributed by atoms with Crippen molar-refractivity contribution in [3.63, 3.8) is 0 Å². The molecule has 2 heterocycles. The van der Waals surface area contributed by atoms with Gasteiger partial charge < -0.3 is 4.74 Å². The Hall–Kier alpha value is -3.68. The van der Waals surface area contributed by atoms with Crippen LogP contribution in [0.4, 0.5) is 13.2 Å². The Balaban J connectivity index is 1.81. The highest BCUT2D eigenvalue weighted by Gasteiger charge is 2.39. The topological polar surface area (TPSA) is 56.5 Å². The molecule has 0 N–H and O–H groups in total. The molecule has 0 saturated carbocycles. The number of hydrogen-bond acceptors (Lipinski definition) is 4. The van der Waals surface area contributed by atoms with Crippen LogP contribution in [0.1, 0.15) is 23.7 Å². The summed E-state index contributed by atoms with van der Waals surface area (Å²) in [7, 11) is 1.33. The molecule has 0 aliphatic rings. The minimum Gasteiger partial charge on any atom is -0.468 e. The van der Waals surface area contributed by atoms with Crippen molar-refractivity contribution in [1.82, 2.24) is 14.6 Å². The van der Waals surface area contributed by atoms with E-state index in [9.17, 15) is 18.0 Å². The van der Waals surface area contributed by atoms with Crippen molar-refractivity contribution in [2.24, 2.45) is 0 Å². The second kappa shape index (κ2) is 8.11. The Bertz CT molecular complexity index is 1250. The zero-order valence-electron chi connectivity index (χ0n) is 17.4. The van der Waals surface area contributed by atoms with Gasteiger partial charge in [-0.05, 0) is 42.7 Å². The molecule has 0 saturated heterocycles. The lowest BCUT2D eigenvalue weighted by atomic mass is 9.80. The third-order valence-electron chi connectivity index (χ3n) is 5.53. The first kappa shape index (κ1) is 21.5. The molecular formula is C24H20F3N3O2. The lowest BCUT2D eigenvalue weighted by Gasteiger charge is -2.27. The normalized spacial score (nSPS) is 13.7. The van der Waals surface area contributed by atoms with Crippen LogP contribution in [0.5, 0.6) is 0 Å². The van der Waals surface area contributed by atoms with Crippen LogP contribution in [0, 0.1) is 0 Å². The first-order valence-electron chi connectivity index (χ1n) is 9.87. The number of nitrogens with zero attached hydrogens (tertiary/aromatic N) is 3. The molecular weight excluding hydrogens is 419 g/mol. The van der Waals surface area contributed by atoms with Crippen molar-refractivity contribution in [3.05, 3.63) is 89.9 Å². The fourth-order valence-electron chi connectivity index (χ4n) is 3.85. The van der Waals surface area contributed by atoms with Gasteiger partial charge in [-0.3, -0.25) is 4.79 Å². The zero-order valence-corrected chi connectivity index (χ0v) is 17.4. The quantitative estimate of drug-likeness (QED) is 0.407. The molecule has 4 aromatic rings. The summed E-state index contributed by atoms with van der Waals surface area (Å²) in [5, 5.41) is 4.41. The first-order valence-corrected chi connectivity index (χ1v) is 9.87. The Labute approximate surface area is 182 Å². The van der Waals surface area contributed by atoms with Gasteiger partial charge in [0, 0.05) is 11.8 Å². The van der Waals surface area contributed by atoms with Crippen molar-refractivity contribution < 1.29 is 22.7 Å². The van der Waals surface area contributed by atoms with Gasteiger partial charge in [0.1, 0.15) is 5.41 Å². The van der Waals surface area contributed by atoms with Crippen LogP contribution in [0.2, 0.25) is 0 Å². The van der Waals surface area contributed by atoms with Gasteiger partial charge in [0.05, 0.1) is 24.6 Å². The molecule has 1 atom stereocenters. The third-order valence-corrected chi connectivity index (χ3v) is 5.53. The van der Waals surface area contributed by atoms with E-state index in [2.05, 4.69) is 10.1 Å². The molecule has 32 heavy (non-hydrogen) atoms. The maximum Gasteiger partial charge on any atom is 0.416 e. The van der Waals surface area contributed by atoms with E-state index in [1.165, 1.54) is 25.4 Å². The van der Waals surface area contributed by atoms with Crippen LogP contribution in [0.15, 0.2) is 73.1 Å². The van der Waals surface area contributed by atoms with E-state index in [0.29, 0.717) is 28.9 Å². The number of hydrogen-bond donors (Lipinski definition) is 0. The number of carbonyl (C=O) groups is 1. The molecule has 0 radical (unpaired) electrons. The molecule has 0 fully saturated rings. The van der Waals surface area contributed by atoms with Crippen LogP contribution in [-0.4, -0.2) is 27.7 Å². The van der Waals surface area contributed by atoms with Crippen molar-refractivity contribution in [1.29, 1.82) is 0 Å². The number of esters is 1. The number of ether oxygens (including phenoxy) is 1. The molecule has 0 bridgehead atoms. The summed E-state index contributed by atoms with van der Waals surface area (Å²) in [6.45, 7) is 1.78. The number of benzene rings is 2. The van der Waals surface area contributed by atoms with E-state index in [0.717, 1.165) is 17.7 Å². The molecule has 0 spiro atoms. The summed E-state index contributed by atoms with van der Waals surface area (Å²) in [5.74, 6) is -0.430. The monoisotopic (exact) mass is 439 g/mol. The van der Waals surface area contributed by atoms with E-state index in [4.69, 9.17) is 4.74 Å². The fraction of sp³-hybridized carbons (Fsp3) is 0.208. The van der Waals surface area contributed by atoms with Crippen molar-refractivity contribution in [2.45, 2.75) is 24.9 Å². The molecule has 0 aliphatic heterocycles. The Morgan fingerprint density at radius 3 is 2.34 bits per heavy atom. The van der Waals surface area contributed by atoms with Crippen LogP contribution in [0.25, 0.3) is 16.8 Å². The highest BCUT2D eigenvalue weighted by Crippen LogP contribution is 2.34. The largest absolute Gasteiger partial charge is 0.468 e. The van der Waals surface area contributed by atoms with Crippen LogP contribution >= 0.6 is 0 Å². The highest BCUT2D eigenvalue weighted by atomic mass is 19.4. The molecule has 2 aromatic carbocycles. The van der Waals surface area contributed by atoms with Gasteiger partial charge in [0.25, 0.3) is 0 Å². The average molecular weight is 439 g/mol. The van der Waals surface area contributed by atoms with Gasteiger partial charge in [0.15, 0.2) is 5.65 Å². The summed E-state index contributed by atoms with van der Waals surface area (Å²) in [6, 6.07) is 16.1. The second-order valence-electron chi connectivity index (χ2n) is 7.68. The first-order chi connectivity index (χ1) is 15.2. The van der Waals surface area contributed by atoms with Gasteiger partial charge in [-0.2, -0.15) is 18.3 Å². The van der Waals surface area contributed by atoms with Crippen LogP contribution in [-0.2, 0) is 27.5 Å². The maximum absolute atomic E-state index is 12.9. The predicted molar refractivity (Wildman–Crippen MR) is 113 cm³/mol. The van der Waals surface area contributed by atoms with Gasteiger partial charge >= 0.3 is 12.1 Å². The van der Waals surface area contributed by atoms with Crippen LogP contribution in [0.3, 0.4) is 0 Å². The number of halogens is 3. The second-order valence-corrected chi connectivity index (χ2v) is 7.68. The van der Waals surface area contributed by atoms with Gasteiger partial charge in [-0.1, -0.05) is 42.5 Å². The third kappa shape index (κ3) is 3.84. The maximum atomic E-state index is 12.9. The van der Waals surface area contributed by atoms with Crippen molar-refractivity contribution in [3.8, 4) is 11.1 Å². The number of rotatable bonds is 5. The standard InChI is InChI=1S/C24H20F3N3O2/c1-23(22(31)32-2,14-16-6-4-3-5-7-16)20-12-13-28-21-19(15-29-30(20)21)17-8-10-18(11-9-17)24(25,26)27/h3-13,15H,14H2,1-2H3/t23-/m1/s1. The summed E-state index contributed by atoms with van der Waals surface area (Å²) >= 11 is 0. The zero-order chi connectivity index (χ0) is 22.9. The van der Waals surface area contributed by atoms with E-state index in [1.54, 1.807) is 23.7 Å². The fourth-order valence-corrected chi connectivity index (χ4v) is 3.85. The van der Waals surface area contributed by atoms with E-state index in [-0.39, 0.29) is 0 Å². The molecule has 4 rings (SSSR count). The van der Waals surface area contributed by atoms with E-state index >= 15 is 0 Å². The van der Waals surface area contributed by atoms with Gasteiger partial charge in [-0.15, -0.1) is 0 Å². The molecule has 164 valence electrons. The summed E-state index contributed by atoms with van der Waals surface area (Å²) < 4.78 is 45.4. The average Bonchev–Trinajstić information content (AvgIpc) is 3.23. The van der Waals surface area contributed by atoms with Gasteiger partial charge in [0.2, 0.25) is 0 Å². The van der Waals surface area contributed by atoms with Gasteiger partial charge in [-0.25, -0.2) is 9.50 Å². The minimum atomic E-state index is -4.41. The molecule has 2 aromatic heterocycles. The van der Waals surface area contributed by atoms with Crippen molar-refractivity contribution >= 4 is 11.6 Å². The Morgan fingerprint density at radius 1 is 1.03 bits per heavy atom. The highest BCUT2D eigenvalue weighted by molar-refractivity contribution is 5.84. The Kier molecular flexibility index (Phi) is 5.46. The lowest BCUT2D eigenvalue weighted by molar-refractivity contribution is -0.147. The number of aromatic nitrogens is 3. The van der Waals surface area contributed by atoms with Crippen LogP contribution < -0.4 is 0 Å². The molecule has 0 amide bonds. The van der Waals surface area contributed by atoms with E-state index in [1.807, 2.05) is 30.3 Å².